The Bertz CT molecular complexity index is 784. The Morgan fingerprint density at radius 1 is 1.29 bits per heavy atom. The lowest BCUT2D eigenvalue weighted by atomic mass is 10.1. The SMILES string of the molecule is CCOC(=O)/C=C/c1ccc2c(n1)N1[C@H](C2)CN(C(=O)OC(C)(C)C)C[C@H]1C. The molecule has 3 heterocycles. The molecule has 0 bridgehead atoms. The number of esters is 1. The van der Waals surface area contributed by atoms with E-state index in [9.17, 15) is 9.59 Å². The lowest BCUT2D eigenvalue weighted by molar-refractivity contribution is -0.137. The number of ether oxygens (including phenoxy) is 2. The molecule has 0 N–H and O–H groups in total. The van der Waals surface area contributed by atoms with Crippen LogP contribution < -0.4 is 4.90 Å². The summed E-state index contributed by atoms with van der Waals surface area (Å²) in [5, 5.41) is 0. The minimum atomic E-state index is -0.502. The minimum Gasteiger partial charge on any atom is -0.463 e. The van der Waals surface area contributed by atoms with Crippen molar-refractivity contribution in [1.29, 1.82) is 0 Å². The van der Waals surface area contributed by atoms with Crippen molar-refractivity contribution in [2.45, 2.75) is 58.7 Å². The number of amides is 1. The van der Waals surface area contributed by atoms with Crippen LogP contribution in [0, 0.1) is 0 Å². The van der Waals surface area contributed by atoms with Crippen LogP contribution in [-0.4, -0.2) is 59.3 Å². The van der Waals surface area contributed by atoms with Crippen LogP contribution >= 0.6 is 0 Å². The molecular formula is C21H29N3O4. The number of fused-ring (bicyclic) bond motifs is 3. The van der Waals surface area contributed by atoms with Gasteiger partial charge in [-0.15, -0.1) is 0 Å². The second-order valence-corrected chi connectivity index (χ2v) is 8.30. The number of aromatic nitrogens is 1. The Hall–Kier alpha value is -2.57. The second kappa shape index (κ2) is 7.81. The van der Waals surface area contributed by atoms with Crippen molar-refractivity contribution in [2.75, 3.05) is 24.6 Å². The number of piperazine rings is 1. The molecule has 152 valence electrons. The minimum absolute atomic E-state index is 0.129. The largest absolute Gasteiger partial charge is 0.463 e. The van der Waals surface area contributed by atoms with Crippen molar-refractivity contribution in [3.63, 3.8) is 0 Å². The summed E-state index contributed by atoms with van der Waals surface area (Å²) < 4.78 is 10.5. The number of carbonyl (C=O) groups excluding carboxylic acids is 2. The standard InChI is InChI=1S/C21H29N3O4/c1-6-27-18(25)10-9-16-8-7-15-11-17-13-23(20(26)28-21(3,4)5)12-14(2)24(17)19(15)22-16/h7-10,14,17H,6,11-13H2,1-5H3/b10-9+/t14-,17-/m1/s1. The summed E-state index contributed by atoms with van der Waals surface area (Å²) in [6, 6.07) is 4.27. The highest BCUT2D eigenvalue weighted by atomic mass is 16.6. The number of carbonyl (C=O) groups is 2. The fraction of sp³-hybridized carbons (Fsp3) is 0.571. The van der Waals surface area contributed by atoms with Crippen molar-refractivity contribution in [3.8, 4) is 0 Å². The first-order valence-corrected chi connectivity index (χ1v) is 9.79. The van der Waals surface area contributed by atoms with Gasteiger partial charge in [-0.2, -0.15) is 0 Å². The van der Waals surface area contributed by atoms with E-state index in [1.807, 2.05) is 26.8 Å². The lowest BCUT2D eigenvalue weighted by Gasteiger charge is -2.43. The number of hydrogen-bond donors (Lipinski definition) is 0. The molecule has 0 aliphatic carbocycles. The van der Waals surface area contributed by atoms with Crippen molar-refractivity contribution in [3.05, 3.63) is 29.5 Å². The van der Waals surface area contributed by atoms with E-state index in [1.54, 1.807) is 17.9 Å². The molecule has 1 amide bonds. The summed E-state index contributed by atoms with van der Waals surface area (Å²) in [4.78, 5) is 32.9. The molecule has 0 saturated carbocycles. The lowest BCUT2D eigenvalue weighted by Crippen LogP contribution is -2.58. The van der Waals surface area contributed by atoms with Crippen LogP contribution in [0.3, 0.4) is 0 Å². The second-order valence-electron chi connectivity index (χ2n) is 8.30. The van der Waals surface area contributed by atoms with Gasteiger partial charge in [-0.25, -0.2) is 14.6 Å². The van der Waals surface area contributed by atoms with Crippen LogP contribution in [-0.2, 0) is 20.7 Å². The number of pyridine rings is 1. The fourth-order valence-electron chi connectivity index (χ4n) is 3.77. The molecule has 0 radical (unpaired) electrons. The highest BCUT2D eigenvalue weighted by molar-refractivity contribution is 5.86. The van der Waals surface area contributed by atoms with Gasteiger partial charge in [0.1, 0.15) is 11.4 Å². The van der Waals surface area contributed by atoms with E-state index in [0.717, 1.165) is 17.8 Å². The van der Waals surface area contributed by atoms with Crippen LogP contribution in [0.1, 0.15) is 45.9 Å². The molecule has 1 aromatic rings. The van der Waals surface area contributed by atoms with Gasteiger partial charge in [-0.3, -0.25) is 0 Å². The number of hydrogen-bond acceptors (Lipinski definition) is 6. The predicted molar refractivity (Wildman–Crippen MR) is 107 cm³/mol. The maximum Gasteiger partial charge on any atom is 0.410 e. The van der Waals surface area contributed by atoms with Gasteiger partial charge >= 0.3 is 12.1 Å². The van der Waals surface area contributed by atoms with Crippen molar-refractivity contribution in [1.82, 2.24) is 9.88 Å². The Kier molecular flexibility index (Phi) is 5.63. The van der Waals surface area contributed by atoms with Crippen LogP contribution in [0.25, 0.3) is 6.08 Å². The summed E-state index contributed by atoms with van der Waals surface area (Å²) in [5.41, 5.74) is 1.38. The average Bonchev–Trinajstić information content (AvgIpc) is 2.97. The zero-order chi connectivity index (χ0) is 20.5. The van der Waals surface area contributed by atoms with Crippen LogP contribution in [0.15, 0.2) is 18.2 Å². The number of anilines is 1. The summed E-state index contributed by atoms with van der Waals surface area (Å²) in [7, 11) is 0. The molecule has 1 aromatic heterocycles. The summed E-state index contributed by atoms with van der Waals surface area (Å²) in [6.07, 6.45) is 3.65. The molecule has 0 unspecified atom stereocenters. The monoisotopic (exact) mass is 387 g/mol. The third-order valence-corrected chi connectivity index (χ3v) is 4.79. The van der Waals surface area contributed by atoms with Gasteiger partial charge in [0.15, 0.2) is 0 Å². The molecule has 2 aliphatic rings. The van der Waals surface area contributed by atoms with Crippen molar-refractivity contribution in [2.24, 2.45) is 0 Å². The number of nitrogens with zero attached hydrogens (tertiary/aromatic N) is 3. The highest BCUT2D eigenvalue weighted by Crippen LogP contribution is 2.35. The zero-order valence-corrected chi connectivity index (χ0v) is 17.3. The van der Waals surface area contributed by atoms with Gasteiger partial charge in [0, 0.05) is 25.2 Å². The third-order valence-electron chi connectivity index (χ3n) is 4.79. The van der Waals surface area contributed by atoms with Crippen molar-refractivity contribution >= 4 is 24.0 Å². The van der Waals surface area contributed by atoms with Gasteiger partial charge in [-0.05, 0) is 58.7 Å². The van der Waals surface area contributed by atoms with Gasteiger partial charge in [0.2, 0.25) is 0 Å². The van der Waals surface area contributed by atoms with E-state index in [2.05, 4.69) is 17.9 Å². The van der Waals surface area contributed by atoms with Crippen LogP contribution in [0.5, 0.6) is 0 Å². The van der Waals surface area contributed by atoms with Crippen molar-refractivity contribution < 1.29 is 19.1 Å². The van der Waals surface area contributed by atoms with E-state index in [-0.39, 0.29) is 24.1 Å². The zero-order valence-electron chi connectivity index (χ0n) is 17.3. The maximum absolute atomic E-state index is 12.5. The quantitative estimate of drug-likeness (QED) is 0.586. The normalized spacial score (nSPS) is 21.5. The highest BCUT2D eigenvalue weighted by Gasteiger charge is 2.41. The molecule has 2 aliphatic heterocycles. The molecule has 28 heavy (non-hydrogen) atoms. The Morgan fingerprint density at radius 3 is 2.71 bits per heavy atom. The predicted octanol–water partition coefficient (Wildman–Crippen LogP) is 3.03. The molecule has 1 saturated heterocycles. The molecule has 3 rings (SSSR count). The topological polar surface area (TPSA) is 72.0 Å². The first kappa shape index (κ1) is 20.2. The molecule has 7 nitrogen and oxygen atoms in total. The Balaban J connectivity index is 1.74. The fourth-order valence-corrected chi connectivity index (χ4v) is 3.77. The molecule has 0 spiro atoms. The Morgan fingerprint density at radius 2 is 2.04 bits per heavy atom. The third kappa shape index (κ3) is 4.46. The van der Waals surface area contributed by atoms with E-state index >= 15 is 0 Å². The Labute approximate surface area is 166 Å². The molecular weight excluding hydrogens is 358 g/mol. The molecule has 2 atom stereocenters. The molecule has 1 fully saturated rings. The van der Waals surface area contributed by atoms with Gasteiger partial charge in [0.05, 0.1) is 18.3 Å². The first-order chi connectivity index (χ1) is 13.2. The van der Waals surface area contributed by atoms with E-state index < -0.39 is 5.60 Å². The summed E-state index contributed by atoms with van der Waals surface area (Å²) in [6.45, 7) is 11.1. The number of rotatable bonds is 3. The molecule has 7 heteroatoms. The van der Waals surface area contributed by atoms with E-state index in [0.29, 0.717) is 25.4 Å². The summed E-state index contributed by atoms with van der Waals surface area (Å²) >= 11 is 0. The first-order valence-electron chi connectivity index (χ1n) is 9.79. The average molecular weight is 387 g/mol. The van der Waals surface area contributed by atoms with Gasteiger partial charge < -0.3 is 19.3 Å². The van der Waals surface area contributed by atoms with Gasteiger partial charge in [0.25, 0.3) is 0 Å². The van der Waals surface area contributed by atoms with E-state index in [4.69, 9.17) is 14.5 Å². The van der Waals surface area contributed by atoms with E-state index in [1.165, 1.54) is 6.08 Å². The maximum atomic E-state index is 12.5. The van der Waals surface area contributed by atoms with Gasteiger partial charge in [-0.1, -0.05) is 6.07 Å². The van der Waals surface area contributed by atoms with Crippen LogP contribution in [0.2, 0.25) is 0 Å². The smallest absolute Gasteiger partial charge is 0.410 e. The van der Waals surface area contributed by atoms with Crippen LogP contribution in [0.4, 0.5) is 10.6 Å². The summed E-state index contributed by atoms with van der Waals surface area (Å²) in [5.74, 6) is 0.564. The molecule has 0 aromatic carbocycles.